The molecule has 51 heavy (non-hydrogen) atoms. The maximum Gasteiger partial charge on any atom is 0.316 e. The van der Waals surface area contributed by atoms with Crippen molar-refractivity contribution >= 4 is 32.0 Å². The van der Waals surface area contributed by atoms with Crippen LogP contribution >= 0.6 is 20.1 Å². The monoisotopic (exact) mass is 773 g/mol. The molecule has 0 rings (SSSR count). The van der Waals surface area contributed by atoms with E-state index >= 15 is 0 Å². The number of thioether (sulfide) groups is 1. The lowest BCUT2D eigenvalue weighted by Gasteiger charge is -2.20. The zero-order valence-electron chi connectivity index (χ0n) is 32.0. The molecule has 0 spiro atoms. The van der Waals surface area contributed by atoms with Crippen LogP contribution in [0.1, 0.15) is 149 Å². The van der Waals surface area contributed by atoms with E-state index in [1.54, 1.807) is 0 Å². The summed E-state index contributed by atoms with van der Waals surface area (Å²) < 4.78 is 42.6. The fraction of sp³-hybridized carbons (Fsp3) is 0.946. The molecule has 0 unspecified atom stereocenters. The first-order valence-corrected chi connectivity index (χ1v) is 22.2. The Morgan fingerprint density at radius 1 is 0.706 bits per heavy atom. The van der Waals surface area contributed by atoms with Gasteiger partial charge in [0.2, 0.25) is 20.2 Å². The molecule has 2 amide bonds. The number of nitrogens with two attached hydrogens (primary N) is 1. The number of halogens is 2. The molecule has 0 aromatic rings. The number of unbranched alkanes of at least 4 members (excludes halogenated alkanes) is 17. The van der Waals surface area contributed by atoms with Crippen LogP contribution < -0.4 is 16.4 Å². The predicted molar refractivity (Wildman–Crippen MR) is 207 cm³/mol. The van der Waals surface area contributed by atoms with Crippen LogP contribution in [0.5, 0.6) is 0 Å². The van der Waals surface area contributed by atoms with Crippen LogP contribution in [0.25, 0.3) is 0 Å². The molecule has 0 aliphatic heterocycles. The maximum absolute atomic E-state index is 13.1. The number of nitrogens with one attached hydrogen (secondary N) is 2. The van der Waals surface area contributed by atoms with Crippen molar-refractivity contribution < 1.29 is 42.4 Å². The molecule has 6 N–H and O–H groups in total. The Morgan fingerprint density at radius 2 is 1.22 bits per heavy atom. The van der Waals surface area contributed by atoms with Gasteiger partial charge in [-0.1, -0.05) is 123 Å². The van der Waals surface area contributed by atoms with Crippen LogP contribution in [-0.2, 0) is 23.8 Å². The summed E-state index contributed by atoms with van der Waals surface area (Å²) in [6.07, 6.45) is 23.2. The minimum absolute atomic E-state index is 0.0428. The second-order valence-corrected chi connectivity index (χ2v) is 15.8. The number of ether oxygens (including phenoxy) is 3. The lowest BCUT2D eigenvalue weighted by atomic mass is 10.1. The summed E-state index contributed by atoms with van der Waals surface area (Å²) in [5.74, 6) is 0.715. The summed E-state index contributed by atoms with van der Waals surface area (Å²) in [7, 11) is -3.33. The van der Waals surface area contributed by atoms with Gasteiger partial charge in [0.25, 0.3) is 0 Å². The standard InChI is InChI=1S/C37H74F2N3O7PS/c1-3-5-7-9-11-13-15-17-19-21-25-49-30-33(42-35(43)22-20-18-16-14-12-10-8-6-4-2)31-51-32-34(40)36(44)41-24-27-48-29-28-47-26-23-37(38,39)50(45)46/h33-34,45-46H,3-32,40H2,1-2H3,(H,41,44)(H,42,43)/t33-,34+/m1/s1. The Hall–Kier alpha value is -0.660. The molecular formula is C37H74F2N3O7PS. The second-order valence-electron chi connectivity index (χ2n) is 13.5. The summed E-state index contributed by atoms with van der Waals surface area (Å²) in [6.45, 7) is 5.90. The first kappa shape index (κ1) is 50.3. The number of carbonyl (C=O) groups is 2. The Labute approximate surface area is 314 Å². The molecule has 0 aliphatic rings. The highest BCUT2D eigenvalue weighted by Gasteiger charge is 2.38. The van der Waals surface area contributed by atoms with Gasteiger partial charge in [-0.05, 0) is 12.8 Å². The smallest absolute Gasteiger partial charge is 0.316 e. The first-order valence-electron chi connectivity index (χ1n) is 19.8. The van der Waals surface area contributed by atoms with Crippen LogP contribution in [0.15, 0.2) is 0 Å². The number of hydrogen-bond donors (Lipinski definition) is 5. The molecule has 0 heterocycles. The summed E-state index contributed by atoms with van der Waals surface area (Å²) in [4.78, 5) is 42.5. The van der Waals surface area contributed by atoms with Gasteiger partial charge in [-0.2, -0.15) is 20.5 Å². The molecule has 10 nitrogen and oxygen atoms in total. The van der Waals surface area contributed by atoms with E-state index < -0.39 is 26.5 Å². The summed E-state index contributed by atoms with van der Waals surface area (Å²) in [6, 6.07) is -0.884. The van der Waals surface area contributed by atoms with Crippen LogP contribution in [-0.4, -0.2) is 97.0 Å². The van der Waals surface area contributed by atoms with Gasteiger partial charge in [0.05, 0.1) is 45.1 Å². The molecule has 2 atom stereocenters. The van der Waals surface area contributed by atoms with Crippen LogP contribution in [0.4, 0.5) is 8.78 Å². The van der Waals surface area contributed by atoms with E-state index in [1.165, 1.54) is 108 Å². The van der Waals surface area contributed by atoms with Crippen LogP contribution in [0, 0.1) is 0 Å². The van der Waals surface area contributed by atoms with Gasteiger partial charge in [0, 0.05) is 37.5 Å². The second kappa shape index (κ2) is 36.3. The Balaban J connectivity index is 4.32. The fourth-order valence-electron chi connectivity index (χ4n) is 5.35. The quantitative estimate of drug-likeness (QED) is 0.0311. The van der Waals surface area contributed by atoms with Gasteiger partial charge in [0.1, 0.15) is 0 Å². The molecular weight excluding hydrogens is 699 g/mol. The van der Waals surface area contributed by atoms with Crippen molar-refractivity contribution in [1.82, 2.24) is 10.6 Å². The maximum atomic E-state index is 13.1. The minimum atomic E-state index is -3.56. The summed E-state index contributed by atoms with van der Waals surface area (Å²) in [5.41, 5.74) is 2.55. The number of hydrogen-bond acceptors (Lipinski definition) is 9. The largest absolute Gasteiger partial charge is 0.379 e. The molecule has 0 aliphatic carbocycles. The van der Waals surface area contributed by atoms with E-state index in [0.29, 0.717) is 31.1 Å². The third-order valence-electron chi connectivity index (χ3n) is 8.54. The molecule has 0 aromatic heterocycles. The van der Waals surface area contributed by atoms with E-state index in [2.05, 4.69) is 24.5 Å². The number of amides is 2. The number of rotatable bonds is 39. The van der Waals surface area contributed by atoms with E-state index in [9.17, 15) is 18.4 Å². The molecule has 0 fully saturated rings. The van der Waals surface area contributed by atoms with Gasteiger partial charge >= 0.3 is 5.66 Å². The minimum Gasteiger partial charge on any atom is -0.379 e. The van der Waals surface area contributed by atoms with Crippen molar-refractivity contribution in [1.29, 1.82) is 0 Å². The molecule has 304 valence electrons. The van der Waals surface area contributed by atoms with Crippen molar-refractivity contribution in [3.63, 3.8) is 0 Å². The number of carbonyl (C=O) groups excluding carboxylic acids is 2. The van der Waals surface area contributed by atoms with E-state index in [-0.39, 0.29) is 50.8 Å². The highest BCUT2D eigenvalue weighted by molar-refractivity contribution is 7.99. The van der Waals surface area contributed by atoms with E-state index in [1.807, 2.05) is 0 Å². The third kappa shape index (κ3) is 33.6. The van der Waals surface area contributed by atoms with E-state index in [0.717, 1.165) is 25.7 Å². The Morgan fingerprint density at radius 3 is 1.76 bits per heavy atom. The Bertz CT molecular complexity index is 809. The zero-order valence-corrected chi connectivity index (χ0v) is 33.7. The average Bonchev–Trinajstić information content (AvgIpc) is 3.10. The highest BCUT2D eigenvalue weighted by atomic mass is 32.2. The van der Waals surface area contributed by atoms with Crippen molar-refractivity contribution in [2.45, 2.75) is 166 Å². The van der Waals surface area contributed by atoms with Gasteiger partial charge in [0.15, 0.2) is 0 Å². The topological polar surface area (TPSA) is 152 Å². The molecule has 0 aromatic carbocycles. The molecule has 0 bridgehead atoms. The fourth-order valence-corrected chi connectivity index (χ4v) is 6.65. The van der Waals surface area contributed by atoms with Gasteiger partial charge in [-0.15, -0.1) is 0 Å². The highest BCUT2D eigenvalue weighted by Crippen LogP contribution is 2.47. The molecule has 14 heteroatoms. The van der Waals surface area contributed by atoms with Gasteiger partial charge in [-0.25, -0.2) is 0 Å². The lowest BCUT2D eigenvalue weighted by Crippen LogP contribution is -2.44. The van der Waals surface area contributed by atoms with Crippen molar-refractivity contribution in [2.75, 3.05) is 57.7 Å². The zero-order chi connectivity index (χ0) is 37.8. The first-order chi connectivity index (χ1) is 24.6. The number of alkyl halides is 2. The molecule has 0 radical (unpaired) electrons. The van der Waals surface area contributed by atoms with Crippen LogP contribution in [0.2, 0.25) is 0 Å². The summed E-state index contributed by atoms with van der Waals surface area (Å²) >= 11 is 1.51. The normalized spacial score (nSPS) is 13.1. The molecule has 0 saturated heterocycles. The lowest BCUT2D eigenvalue weighted by molar-refractivity contribution is -0.123. The van der Waals surface area contributed by atoms with Crippen LogP contribution in [0.3, 0.4) is 0 Å². The SMILES string of the molecule is CCCCCCCCCCCCOC[C@H](CSC[C@H](N)C(=O)NCCOCCOCCC(F)(F)P(O)O)NC(=O)CCCCCCCCCCC. The van der Waals surface area contributed by atoms with Crippen molar-refractivity contribution in [3.8, 4) is 0 Å². The third-order valence-corrected chi connectivity index (χ3v) is 10.6. The van der Waals surface area contributed by atoms with E-state index in [4.69, 9.17) is 29.7 Å². The van der Waals surface area contributed by atoms with Crippen molar-refractivity contribution in [3.05, 3.63) is 0 Å². The van der Waals surface area contributed by atoms with Gasteiger partial charge < -0.3 is 40.4 Å². The van der Waals surface area contributed by atoms with Crippen molar-refractivity contribution in [2.24, 2.45) is 5.73 Å². The Kier molecular flexibility index (Phi) is 35.9. The molecule has 0 saturated carbocycles. The van der Waals surface area contributed by atoms with Gasteiger partial charge in [-0.3, -0.25) is 9.59 Å². The average molecular weight is 774 g/mol. The summed E-state index contributed by atoms with van der Waals surface area (Å²) in [5, 5.41) is 5.88. The predicted octanol–water partition coefficient (Wildman–Crippen LogP) is 7.82.